The van der Waals surface area contributed by atoms with Crippen molar-refractivity contribution in [1.29, 1.82) is 0 Å². The Morgan fingerprint density at radius 1 is 1.28 bits per heavy atom. The zero-order valence-corrected chi connectivity index (χ0v) is 19.0. The molecule has 0 amide bonds. The van der Waals surface area contributed by atoms with Gasteiger partial charge in [-0.1, -0.05) is 32.8 Å². The summed E-state index contributed by atoms with van der Waals surface area (Å²) in [4.78, 5) is 24.7. The highest BCUT2D eigenvalue weighted by Gasteiger charge is 2.57. The predicted molar refractivity (Wildman–Crippen MR) is 119 cm³/mol. The van der Waals surface area contributed by atoms with Crippen LogP contribution in [0.1, 0.15) is 52.7 Å². The van der Waals surface area contributed by atoms with E-state index in [2.05, 4.69) is 35.4 Å². The summed E-state index contributed by atoms with van der Waals surface area (Å²) >= 11 is 0. The lowest BCUT2D eigenvalue weighted by Gasteiger charge is -2.32. The Kier molecular flexibility index (Phi) is 8.16. The number of nitrogen functional groups attached to an aromatic ring is 1. The van der Waals surface area contributed by atoms with E-state index in [0.29, 0.717) is 24.4 Å². The fraction of sp³-hybridized carbons (Fsp3) is 0.636. The van der Waals surface area contributed by atoms with Gasteiger partial charge >= 0.3 is 5.97 Å². The standard InChI is InChI=1S/C22H33N5O5/c1-5-8-10-29-12-22(7-3)18(30-11-9-6-2)17(31-15(4)28)21(32-22)27-14-26-16-19(23)24-13-25-20(16)27/h7,13-14,17-18,21H,3,5-6,8-12H2,1-2,4H3,(H2,23,24,25)/t17-,18+,21-,22-/m1/s1. The molecule has 0 bridgehead atoms. The van der Waals surface area contributed by atoms with E-state index in [1.165, 1.54) is 13.3 Å². The molecule has 3 rings (SSSR count). The maximum absolute atomic E-state index is 12.0. The van der Waals surface area contributed by atoms with Crippen molar-refractivity contribution in [3.63, 3.8) is 0 Å². The molecule has 4 atom stereocenters. The van der Waals surface area contributed by atoms with Gasteiger partial charge in [0.2, 0.25) is 0 Å². The van der Waals surface area contributed by atoms with Crippen molar-refractivity contribution in [3.05, 3.63) is 25.3 Å². The number of hydrogen-bond acceptors (Lipinski definition) is 9. The molecule has 0 spiro atoms. The molecule has 1 aliphatic rings. The molecule has 2 aromatic rings. The van der Waals surface area contributed by atoms with Gasteiger partial charge in [-0.15, -0.1) is 6.58 Å². The van der Waals surface area contributed by atoms with Gasteiger partial charge in [0, 0.05) is 20.1 Å². The van der Waals surface area contributed by atoms with Crippen LogP contribution in [0, 0.1) is 0 Å². The summed E-state index contributed by atoms with van der Waals surface area (Å²) < 4.78 is 26.1. The molecular formula is C22H33N5O5. The van der Waals surface area contributed by atoms with Crippen LogP contribution >= 0.6 is 0 Å². The van der Waals surface area contributed by atoms with E-state index in [-0.39, 0.29) is 12.4 Å². The number of carbonyl (C=O) groups excluding carboxylic acids is 1. The van der Waals surface area contributed by atoms with Crippen molar-refractivity contribution in [2.75, 3.05) is 25.6 Å². The van der Waals surface area contributed by atoms with E-state index in [1.807, 2.05) is 0 Å². The Hall–Kier alpha value is -2.56. The molecule has 0 aliphatic carbocycles. The molecule has 0 unspecified atom stereocenters. The van der Waals surface area contributed by atoms with E-state index in [1.54, 1.807) is 17.0 Å². The maximum atomic E-state index is 12.0. The van der Waals surface area contributed by atoms with Crippen molar-refractivity contribution < 1.29 is 23.7 Å². The second-order valence-electron chi connectivity index (χ2n) is 7.88. The monoisotopic (exact) mass is 447 g/mol. The van der Waals surface area contributed by atoms with Gasteiger partial charge in [0.25, 0.3) is 0 Å². The highest BCUT2D eigenvalue weighted by molar-refractivity contribution is 5.81. The number of unbranched alkanes of at least 4 members (excludes halogenated alkanes) is 2. The summed E-state index contributed by atoms with van der Waals surface area (Å²) in [5, 5.41) is 0. The number of aromatic nitrogens is 4. The first kappa shape index (κ1) is 24.1. The molecule has 32 heavy (non-hydrogen) atoms. The van der Waals surface area contributed by atoms with Crippen LogP contribution in [0.15, 0.2) is 25.3 Å². The average molecular weight is 448 g/mol. The molecule has 1 fully saturated rings. The molecule has 1 aliphatic heterocycles. The lowest BCUT2D eigenvalue weighted by molar-refractivity contribution is -0.157. The zero-order chi connectivity index (χ0) is 23.1. The van der Waals surface area contributed by atoms with Crippen molar-refractivity contribution in [2.24, 2.45) is 0 Å². The number of imidazole rings is 1. The number of hydrogen-bond donors (Lipinski definition) is 1. The number of anilines is 1. The first-order chi connectivity index (χ1) is 15.5. The highest BCUT2D eigenvalue weighted by atomic mass is 16.6. The third-order valence-corrected chi connectivity index (χ3v) is 5.48. The predicted octanol–water partition coefficient (Wildman–Crippen LogP) is 2.80. The highest BCUT2D eigenvalue weighted by Crippen LogP contribution is 2.43. The van der Waals surface area contributed by atoms with Crippen LogP contribution in [-0.2, 0) is 23.7 Å². The van der Waals surface area contributed by atoms with Crippen LogP contribution in [-0.4, -0.2) is 63.1 Å². The molecule has 2 N–H and O–H groups in total. The molecule has 10 heteroatoms. The third-order valence-electron chi connectivity index (χ3n) is 5.48. The molecule has 0 radical (unpaired) electrons. The Morgan fingerprint density at radius 2 is 2.03 bits per heavy atom. The third kappa shape index (κ3) is 4.92. The smallest absolute Gasteiger partial charge is 0.303 e. The van der Waals surface area contributed by atoms with E-state index in [0.717, 1.165) is 25.7 Å². The van der Waals surface area contributed by atoms with Crippen LogP contribution in [0.5, 0.6) is 0 Å². The summed E-state index contributed by atoms with van der Waals surface area (Å²) in [7, 11) is 0. The molecule has 176 valence electrons. The Balaban J connectivity index is 2.01. The maximum Gasteiger partial charge on any atom is 0.303 e. The topological polar surface area (TPSA) is 124 Å². The minimum absolute atomic E-state index is 0.214. The average Bonchev–Trinajstić information content (AvgIpc) is 3.32. The van der Waals surface area contributed by atoms with Crippen LogP contribution in [0.25, 0.3) is 11.2 Å². The van der Waals surface area contributed by atoms with Gasteiger partial charge in [-0.3, -0.25) is 9.36 Å². The second-order valence-corrected chi connectivity index (χ2v) is 7.88. The fourth-order valence-electron chi connectivity index (χ4n) is 3.78. The quantitative estimate of drug-likeness (QED) is 0.297. The second kappa shape index (κ2) is 10.8. The van der Waals surface area contributed by atoms with Crippen molar-refractivity contribution in [1.82, 2.24) is 19.5 Å². The molecule has 2 aromatic heterocycles. The van der Waals surface area contributed by atoms with Crippen LogP contribution < -0.4 is 5.73 Å². The number of ether oxygens (including phenoxy) is 4. The molecule has 0 aromatic carbocycles. The normalized spacial score (nSPS) is 25.3. The Morgan fingerprint density at radius 3 is 2.72 bits per heavy atom. The molecular weight excluding hydrogens is 414 g/mol. The lowest BCUT2D eigenvalue weighted by atomic mass is 9.95. The number of nitrogens with two attached hydrogens (primary N) is 1. The van der Waals surface area contributed by atoms with Crippen molar-refractivity contribution in [2.45, 2.75) is 70.5 Å². The van der Waals surface area contributed by atoms with Gasteiger partial charge in [-0.25, -0.2) is 15.0 Å². The van der Waals surface area contributed by atoms with Gasteiger partial charge in [0.15, 0.2) is 23.8 Å². The van der Waals surface area contributed by atoms with E-state index < -0.39 is 30.0 Å². The van der Waals surface area contributed by atoms with E-state index >= 15 is 0 Å². The first-order valence-corrected chi connectivity index (χ1v) is 11.1. The van der Waals surface area contributed by atoms with Crippen molar-refractivity contribution >= 4 is 23.0 Å². The van der Waals surface area contributed by atoms with Gasteiger partial charge in [0.1, 0.15) is 23.5 Å². The lowest BCUT2D eigenvalue weighted by Crippen LogP contribution is -2.48. The fourth-order valence-corrected chi connectivity index (χ4v) is 3.78. The van der Waals surface area contributed by atoms with Crippen LogP contribution in [0.4, 0.5) is 5.82 Å². The van der Waals surface area contributed by atoms with E-state index in [9.17, 15) is 4.79 Å². The number of fused-ring (bicyclic) bond motifs is 1. The molecule has 10 nitrogen and oxygen atoms in total. The van der Waals surface area contributed by atoms with Crippen molar-refractivity contribution in [3.8, 4) is 0 Å². The minimum Gasteiger partial charge on any atom is -0.455 e. The molecule has 0 saturated carbocycles. The first-order valence-electron chi connectivity index (χ1n) is 11.1. The Labute approximate surface area is 188 Å². The zero-order valence-electron chi connectivity index (χ0n) is 19.0. The summed E-state index contributed by atoms with van der Waals surface area (Å²) in [5.41, 5.74) is 5.84. The molecule has 3 heterocycles. The van der Waals surface area contributed by atoms with Gasteiger partial charge < -0.3 is 24.7 Å². The van der Waals surface area contributed by atoms with Gasteiger partial charge in [-0.2, -0.15) is 0 Å². The molecule has 1 saturated heterocycles. The number of esters is 1. The summed E-state index contributed by atoms with van der Waals surface area (Å²) in [5.74, 6) is -0.192. The van der Waals surface area contributed by atoms with Crippen LogP contribution in [0.3, 0.4) is 0 Å². The van der Waals surface area contributed by atoms with E-state index in [4.69, 9.17) is 24.7 Å². The van der Waals surface area contributed by atoms with Crippen LogP contribution in [0.2, 0.25) is 0 Å². The number of nitrogens with zero attached hydrogens (tertiary/aromatic N) is 4. The largest absolute Gasteiger partial charge is 0.455 e. The van der Waals surface area contributed by atoms with Gasteiger partial charge in [0.05, 0.1) is 12.9 Å². The number of rotatable bonds is 12. The summed E-state index contributed by atoms with van der Waals surface area (Å²) in [6.45, 7) is 10.8. The summed E-state index contributed by atoms with van der Waals surface area (Å²) in [6.07, 6.45) is 6.18. The number of carbonyl (C=O) groups is 1. The minimum atomic E-state index is -1.03. The van der Waals surface area contributed by atoms with Gasteiger partial charge in [-0.05, 0) is 12.8 Å². The SMILES string of the molecule is C=C[C@]1(COCCCC)O[C@@H](n2cnc3c(N)ncnc32)[C@H](OC(C)=O)[C@@H]1OCCCC. The Bertz CT molecular complexity index is 919. The summed E-state index contributed by atoms with van der Waals surface area (Å²) in [6, 6.07) is 0.